The second-order valence-corrected chi connectivity index (χ2v) is 5.26. The van der Waals surface area contributed by atoms with E-state index in [0.717, 1.165) is 19.3 Å². The maximum Gasteiger partial charge on any atom is 0.227 e. The molecule has 0 aromatic heterocycles. The van der Waals surface area contributed by atoms with Gasteiger partial charge >= 0.3 is 0 Å². The lowest BCUT2D eigenvalue weighted by atomic mass is 9.95. The summed E-state index contributed by atoms with van der Waals surface area (Å²) in [6.45, 7) is 0.527. The third kappa shape index (κ3) is 3.06. The van der Waals surface area contributed by atoms with Gasteiger partial charge in [-0.3, -0.25) is 4.79 Å². The summed E-state index contributed by atoms with van der Waals surface area (Å²) in [5, 5.41) is 12.3. The van der Waals surface area contributed by atoms with E-state index in [-0.39, 0.29) is 17.7 Å². The van der Waals surface area contributed by atoms with Crippen molar-refractivity contribution in [2.75, 3.05) is 11.9 Å². The molecule has 1 aromatic rings. The minimum Gasteiger partial charge on any atom is -0.330 e. The Bertz CT molecular complexity index is 524. The summed E-state index contributed by atoms with van der Waals surface area (Å²) in [5.41, 5.74) is 6.57. The molecule has 1 aliphatic carbocycles. The number of anilines is 1. The largest absolute Gasteiger partial charge is 0.330 e. The van der Waals surface area contributed by atoms with Crippen LogP contribution in [0.3, 0.4) is 0 Å². The highest BCUT2D eigenvalue weighted by molar-refractivity contribution is 6.31. The lowest BCUT2D eigenvalue weighted by Crippen LogP contribution is -2.30. The SMILES string of the molecule is N#Cc1ccc(Cl)cc1NC(=O)C1CCCC1CN. The molecule has 19 heavy (non-hydrogen) atoms. The molecule has 1 aliphatic rings. The van der Waals surface area contributed by atoms with Crippen molar-refractivity contribution in [3.8, 4) is 6.07 Å². The normalized spacial score (nSPS) is 21.9. The van der Waals surface area contributed by atoms with Crippen molar-refractivity contribution in [1.29, 1.82) is 5.26 Å². The fraction of sp³-hybridized carbons (Fsp3) is 0.429. The molecule has 1 fully saturated rings. The van der Waals surface area contributed by atoms with Crippen LogP contribution in [0, 0.1) is 23.2 Å². The van der Waals surface area contributed by atoms with Crippen LogP contribution in [-0.4, -0.2) is 12.5 Å². The fourth-order valence-electron chi connectivity index (χ4n) is 2.61. The number of hydrogen-bond donors (Lipinski definition) is 2. The van der Waals surface area contributed by atoms with Gasteiger partial charge in [0.25, 0.3) is 0 Å². The summed E-state index contributed by atoms with van der Waals surface area (Å²) < 4.78 is 0. The summed E-state index contributed by atoms with van der Waals surface area (Å²) in [6, 6.07) is 6.88. The molecule has 3 N–H and O–H groups in total. The first kappa shape index (κ1) is 13.9. The lowest BCUT2D eigenvalue weighted by Gasteiger charge is -2.17. The molecular weight excluding hydrogens is 262 g/mol. The van der Waals surface area contributed by atoms with E-state index in [9.17, 15) is 4.79 Å². The molecule has 1 aromatic carbocycles. The first-order chi connectivity index (χ1) is 9.15. The van der Waals surface area contributed by atoms with Crippen molar-refractivity contribution in [3.63, 3.8) is 0 Å². The van der Waals surface area contributed by atoms with E-state index in [4.69, 9.17) is 22.6 Å². The highest BCUT2D eigenvalue weighted by atomic mass is 35.5. The van der Waals surface area contributed by atoms with Crippen LogP contribution in [0.5, 0.6) is 0 Å². The number of halogens is 1. The van der Waals surface area contributed by atoms with E-state index in [1.54, 1.807) is 18.2 Å². The van der Waals surface area contributed by atoms with Crippen molar-refractivity contribution < 1.29 is 4.79 Å². The molecule has 5 heteroatoms. The fourth-order valence-corrected chi connectivity index (χ4v) is 2.78. The van der Waals surface area contributed by atoms with E-state index in [1.165, 1.54) is 0 Å². The molecule has 2 unspecified atom stereocenters. The van der Waals surface area contributed by atoms with Crippen LogP contribution < -0.4 is 11.1 Å². The van der Waals surface area contributed by atoms with Crippen LogP contribution in [0.25, 0.3) is 0 Å². The molecule has 4 nitrogen and oxygen atoms in total. The number of nitrogens with one attached hydrogen (secondary N) is 1. The molecule has 0 spiro atoms. The van der Waals surface area contributed by atoms with Gasteiger partial charge in [0.2, 0.25) is 5.91 Å². The van der Waals surface area contributed by atoms with Gasteiger partial charge in [0.1, 0.15) is 6.07 Å². The zero-order chi connectivity index (χ0) is 13.8. The lowest BCUT2D eigenvalue weighted by molar-refractivity contribution is -0.120. The predicted molar refractivity (Wildman–Crippen MR) is 74.7 cm³/mol. The van der Waals surface area contributed by atoms with Crippen molar-refractivity contribution in [3.05, 3.63) is 28.8 Å². The van der Waals surface area contributed by atoms with Gasteiger partial charge in [0.05, 0.1) is 11.3 Å². The van der Waals surface area contributed by atoms with E-state index >= 15 is 0 Å². The highest BCUT2D eigenvalue weighted by Crippen LogP contribution is 2.32. The Kier molecular flexibility index (Phi) is 4.41. The minimum atomic E-state index is -0.0632. The number of carbonyl (C=O) groups is 1. The molecule has 1 saturated carbocycles. The van der Waals surface area contributed by atoms with Crippen LogP contribution in [0.2, 0.25) is 5.02 Å². The summed E-state index contributed by atoms with van der Waals surface area (Å²) in [5.74, 6) is 0.118. The number of amides is 1. The predicted octanol–water partition coefficient (Wildman–Crippen LogP) is 2.53. The topological polar surface area (TPSA) is 78.9 Å². The Morgan fingerprint density at radius 3 is 3.00 bits per heavy atom. The third-order valence-electron chi connectivity index (χ3n) is 3.66. The van der Waals surface area contributed by atoms with Crippen molar-refractivity contribution in [2.24, 2.45) is 17.6 Å². The van der Waals surface area contributed by atoms with Gasteiger partial charge in [0.15, 0.2) is 0 Å². The number of nitriles is 1. The molecule has 0 heterocycles. The maximum absolute atomic E-state index is 12.2. The smallest absolute Gasteiger partial charge is 0.227 e. The van der Waals surface area contributed by atoms with Crippen LogP contribution in [0.4, 0.5) is 5.69 Å². The Labute approximate surface area is 117 Å². The van der Waals surface area contributed by atoms with Crippen LogP contribution >= 0.6 is 11.6 Å². The average molecular weight is 278 g/mol. The first-order valence-electron chi connectivity index (χ1n) is 6.36. The Hall–Kier alpha value is -1.57. The van der Waals surface area contributed by atoms with Crippen molar-refractivity contribution in [2.45, 2.75) is 19.3 Å². The molecule has 2 atom stereocenters. The Balaban J connectivity index is 2.15. The zero-order valence-corrected chi connectivity index (χ0v) is 11.3. The van der Waals surface area contributed by atoms with E-state index in [1.807, 2.05) is 6.07 Å². The van der Waals surface area contributed by atoms with Crippen molar-refractivity contribution >= 4 is 23.2 Å². The molecule has 0 bridgehead atoms. The average Bonchev–Trinajstić information content (AvgIpc) is 2.87. The molecule has 0 aliphatic heterocycles. The van der Waals surface area contributed by atoms with Gasteiger partial charge in [-0.1, -0.05) is 18.0 Å². The number of hydrogen-bond acceptors (Lipinski definition) is 3. The highest BCUT2D eigenvalue weighted by Gasteiger charge is 2.32. The molecule has 2 rings (SSSR count). The molecule has 0 radical (unpaired) electrons. The van der Waals surface area contributed by atoms with Crippen molar-refractivity contribution in [1.82, 2.24) is 0 Å². The van der Waals surface area contributed by atoms with Crippen LogP contribution in [0.1, 0.15) is 24.8 Å². The number of benzene rings is 1. The molecule has 1 amide bonds. The van der Waals surface area contributed by atoms with Gasteiger partial charge in [0, 0.05) is 10.9 Å². The quantitative estimate of drug-likeness (QED) is 0.891. The molecular formula is C14H16ClN3O. The van der Waals surface area contributed by atoms with Gasteiger partial charge in [-0.25, -0.2) is 0 Å². The van der Waals surface area contributed by atoms with E-state index in [0.29, 0.717) is 22.8 Å². The minimum absolute atomic E-state index is 0.0597. The summed E-state index contributed by atoms with van der Waals surface area (Å²) in [7, 11) is 0. The summed E-state index contributed by atoms with van der Waals surface area (Å²) >= 11 is 5.89. The summed E-state index contributed by atoms with van der Waals surface area (Å²) in [6.07, 6.45) is 2.88. The van der Waals surface area contributed by atoms with Crippen LogP contribution in [0.15, 0.2) is 18.2 Å². The maximum atomic E-state index is 12.2. The second kappa shape index (κ2) is 6.05. The first-order valence-corrected chi connectivity index (χ1v) is 6.74. The second-order valence-electron chi connectivity index (χ2n) is 4.82. The third-order valence-corrected chi connectivity index (χ3v) is 3.89. The van der Waals surface area contributed by atoms with Gasteiger partial charge in [-0.05, 0) is 43.5 Å². The van der Waals surface area contributed by atoms with E-state index < -0.39 is 0 Å². The summed E-state index contributed by atoms with van der Waals surface area (Å²) in [4.78, 5) is 12.2. The standard InChI is InChI=1S/C14H16ClN3O/c15-11-5-4-10(8-17)13(6-11)18-14(19)12-3-1-2-9(12)7-16/h4-6,9,12H,1-3,7,16H2,(H,18,19). The van der Waals surface area contributed by atoms with Crippen LogP contribution in [-0.2, 0) is 4.79 Å². The molecule has 100 valence electrons. The zero-order valence-electron chi connectivity index (χ0n) is 10.5. The Morgan fingerprint density at radius 1 is 1.53 bits per heavy atom. The monoisotopic (exact) mass is 277 g/mol. The van der Waals surface area contributed by atoms with Gasteiger partial charge in [-0.15, -0.1) is 0 Å². The number of nitrogens with zero attached hydrogens (tertiary/aromatic N) is 1. The van der Waals surface area contributed by atoms with E-state index in [2.05, 4.69) is 5.32 Å². The van der Waals surface area contributed by atoms with Gasteiger partial charge in [-0.2, -0.15) is 5.26 Å². The number of carbonyl (C=O) groups excluding carboxylic acids is 1. The molecule has 0 saturated heterocycles. The number of rotatable bonds is 3. The number of nitrogens with two attached hydrogens (primary N) is 1. The Morgan fingerprint density at radius 2 is 2.32 bits per heavy atom. The van der Waals surface area contributed by atoms with Gasteiger partial charge < -0.3 is 11.1 Å².